The molecule has 0 unspecified atom stereocenters. The number of rotatable bonds is 6. The van der Waals surface area contributed by atoms with Crippen molar-refractivity contribution in [3.8, 4) is 5.75 Å². The molecule has 0 amide bonds. The van der Waals surface area contributed by atoms with Crippen molar-refractivity contribution in [1.82, 2.24) is 0 Å². The minimum absolute atomic E-state index is 0.269. The third-order valence-corrected chi connectivity index (χ3v) is 2.86. The average Bonchev–Trinajstić information content (AvgIpc) is 2.52. The Morgan fingerprint density at radius 1 is 0.850 bits per heavy atom. The summed E-state index contributed by atoms with van der Waals surface area (Å²) in [6.07, 6.45) is 5.99. The van der Waals surface area contributed by atoms with E-state index in [-0.39, 0.29) is 6.79 Å². The van der Waals surface area contributed by atoms with Gasteiger partial charge in [-0.3, -0.25) is 0 Å². The molecule has 102 valence electrons. The minimum Gasteiger partial charge on any atom is -0.468 e. The standard InChI is InChI=1S/C18H18O2/c1-3-15-4-6-16(7-5-15)8-9-17-10-12-18(13-11-17)20-14-19-2/h3-13H,1,14H2,2H3. The second-order valence-corrected chi connectivity index (χ2v) is 4.32. The van der Waals surface area contributed by atoms with Gasteiger partial charge in [-0.25, -0.2) is 0 Å². The van der Waals surface area contributed by atoms with Crippen LogP contribution in [0, 0.1) is 0 Å². The smallest absolute Gasteiger partial charge is 0.188 e. The summed E-state index contributed by atoms with van der Waals surface area (Å²) in [7, 11) is 1.61. The highest BCUT2D eigenvalue weighted by Crippen LogP contribution is 2.15. The van der Waals surface area contributed by atoms with Crippen molar-refractivity contribution in [2.75, 3.05) is 13.9 Å². The van der Waals surface area contributed by atoms with Crippen LogP contribution in [0.5, 0.6) is 5.75 Å². The van der Waals surface area contributed by atoms with Gasteiger partial charge >= 0.3 is 0 Å². The zero-order valence-electron chi connectivity index (χ0n) is 11.6. The average molecular weight is 266 g/mol. The second-order valence-electron chi connectivity index (χ2n) is 4.32. The quantitative estimate of drug-likeness (QED) is 0.567. The number of ether oxygens (including phenoxy) is 2. The molecule has 0 saturated heterocycles. The Labute approximate surface area is 120 Å². The molecule has 2 nitrogen and oxygen atoms in total. The maximum Gasteiger partial charge on any atom is 0.188 e. The Balaban J connectivity index is 2.01. The van der Waals surface area contributed by atoms with Crippen molar-refractivity contribution >= 4 is 18.2 Å². The first-order valence-corrected chi connectivity index (χ1v) is 6.44. The maximum atomic E-state index is 5.34. The van der Waals surface area contributed by atoms with Crippen molar-refractivity contribution in [1.29, 1.82) is 0 Å². The van der Waals surface area contributed by atoms with Gasteiger partial charge in [0.2, 0.25) is 0 Å². The van der Waals surface area contributed by atoms with Gasteiger partial charge in [-0.15, -0.1) is 0 Å². The number of hydrogen-bond donors (Lipinski definition) is 0. The Bertz CT molecular complexity index is 565. The van der Waals surface area contributed by atoms with E-state index in [0.29, 0.717) is 0 Å². The van der Waals surface area contributed by atoms with Crippen LogP contribution in [0.25, 0.3) is 18.2 Å². The lowest BCUT2D eigenvalue weighted by Gasteiger charge is -2.04. The summed E-state index contributed by atoms with van der Waals surface area (Å²) in [4.78, 5) is 0. The molecule has 0 aliphatic carbocycles. The normalized spacial score (nSPS) is 10.7. The van der Waals surface area contributed by atoms with Gasteiger partial charge in [-0.2, -0.15) is 0 Å². The van der Waals surface area contributed by atoms with Crippen molar-refractivity contribution in [2.45, 2.75) is 0 Å². The fourth-order valence-corrected chi connectivity index (χ4v) is 1.74. The van der Waals surface area contributed by atoms with E-state index in [2.05, 4.69) is 30.9 Å². The zero-order valence-corrected chi connectivity index (χ0v) is 11.6. The molecular formula is C18H18O2. The summed E-state index contributed by atoms with van der Waals surface area (Å²) >= 11 is 0. The van der Waals surface area contributed by atoms with Gasteiger partial charge < -0.3 is 9.47 Å². The van der Waals surface area contributed by atoms with Crippen LogP contribution in [0.4, 0.5) is 0 Å². The van der Waals surface area contributed by atoms with E-state index >= 15 is 0 Å². The van der Waals surface area contributed by atoms with Crippen LogP contribution in [0.15, 0.2) is 55.1 Å². The molecule has 0 radical (unpaired) electrons. The summed E-state index contributed by atoms with van der Waals surface area (Å²) in [6, 6.07) is 16.1. The molecule has 2 aromatic carbocycles. The number of hydrogen-bond acceptors (Lipinski definition) is 2. The highest BCUT2D eigenvalue weighted by molar-refractivity contribution is 5.70. The van der Waals surface area contributed by atoms with Crippen LogP contribution in [0.1, 0.15) is 16.7 Å². The first-order chi connectivity index (χ1) is 9.81. The van der Waals surface area contributed by atoms with Crippen molar-refractivity contribution in [3.63, 3.8) is 0 Å². The molecule has 2 heteroatoms. The van der Waals surface area contributed by atoms with Crippen LogP contribution < -0.4 is 4.74 Å². The van der Waals surface area contributed by atoms with E-state index in [1.54, 1.807) is 7.11 Å². The third kappa shape index (κ3) is 4.11. The maximum absolute atomic E-state index is 5.34. The highest BCUT2D eigenvalue weighted by Gasteiger charge is 1.93. The minimum atomic E-state index is 0.269. The summed E-state index contributed by atoms with van der Waals surface area (Å²) in [5.41, 5.74) is 3.42. The first kappa shape index (κ1) is 14.1. The monoisotopic (exact) mass is 266 g/mol. The van der Waals surface area contributed by atoms with Crippen LogP contribution in [0.2, 0.25) is 0 Å². The molecule has 0 aliphatic rings. The Hall–Kier alpha value is -2.32. The van der Waals surface area contributed by atoms with Crippen LogP contribution in [-0.2, 0) is 4.74 Å². The lowest BCUT2D eigenvalue weighted by atomic mass is 10.1. The summed E-state index contributed by atoms with van der Waals surface area (Å²) in [6.45, 7) is 4.01. The van der Waals surface area contributed by atoms with Gasteiger partial charge in [0.1, 0.15) is 5.75 Å². The van der Waals surface area contributed by atoms with Crippen LogP contribution >= 0.6 is 0 Å². The van der Waals surface area contributed by atoms with E-state index in [0.717, 1.165) is 22.4 Å². The lowest BCUT2D eigenvalue weighted by molar-refractivity contribution is 0.0511. The van der Waals surface area contributed by atoms with Gasteiger partial charge in [0, 0.05) is 7.11 Å². The van der Waals surface area contributed by atoms with Crippen molar-refractivity contribution in [2.24, 2.45) is 0 Å². The molecule has 0 fully saturated rings. The lowest BCUT2D eigenvalue weighted by Crippen LogP contribution is -1.98. The van der Waals surface area contributed by atoms with E-state index in [1.807, 2.05) is 42.5 Å². The summed E-state index contributed by atoms with van der Waals surface area (Å²) in [5, 5.41) is 0. The van der Waals surface area contributed by atoms with E-state index < -0.39 is 0 Å². The molecule has 2 aromatic rings. The molecule has 0 saturated carbocycles. The van der Waals surface area contributed by atoms with Crippen molar-refractivity contribution in [3.05, 3.63) is 71.8 Å². The van der Waals surface area contributed by atoms with E-state index in [4.69, 9.17) is 9.47 Å². The van der Waals surface area contributed by atoms with E-state index in [9.17, 15) is 0 Å². The van der Waals surface area contributed by atoms with Gasteiger partial charge in [-0.05, 0) is 28.8 Å². The number of methoxy groups -OCH3 is 1. The van der Waals surface area contributed by atoms with Gasteiger partial charge in [-0.1, -0.05) is 61.2 Å². The molecule has 20 heavy (non-hydrogen) atoms. The summed E-state index contributed by atoms with van der Waals surface area (Å²) in [5.74, 6) is 0.805. The van der Waals surface area contributed by atoms with Crippen LogP contribution in [-0.4, -0.2) is 13.9 Å². The molecule has 0 aromatic heterocycles. The molecule has 0 bridgehead atoms. The van der Waals surface area contributed by atoms with Gasteiger partial charge in [0.15, 0.2) is 6.79 Å². The Kier molecular flexibility index (Phi) is 5.15. The van der Waals surface area contributed by atoms with Crippen LogP contribution in [0.3, 0.4) is 0 Å². The molecule has 0 heterocycles. The van der Waals surface area contributed by atoms with E-state index in [1.165, 1.54) is 0 Å². The fourth-order valence-electron chi connectivity index (χ4n) is 1.74. The Morgan fingerprint density at radius 2 is 1.35 bits per heavy atom. The predicted octanol–water partition coefficient (Wildman–Crippen LogP) is 4.48. The predicted molar refractivity (Wildman–Crippen MR) is 84.4 cm³/mol. The van der Waals surface area contributed by atoms with Gasteiger partial charge in [0.25, 0.3) is 0 Å². The first-order valence-electron chi connectivity index (χ1n) is 6.44. The van der Waals surface area contributed by atoms with Gasteiger partial charge in [0.05, 0.1) is 0 Å². The molecule has 0 aliphatic heterocycles. The third-order valence-electron chi connectivity index (χ3n) is 2.86. The Morgan fingerprint density at radius 3 is 1.85 bits per heavy atom. The molecule has 0 spiro atoms. The largest absolute Gasteiger partial charge is 0.468 e. The topological polar surface area (TPSA) is 18.5 Å². The SMILES string of the molecule is C=Cc1ccc(C=Cc2ccc(OCOC)cc2)cc1. The number of benzene rings is 2. The molecule has 0 N–H and O–H groups in total. The highest BCUT2D eigenvalue weighted by atomic mass is 16.7. The van der Waals surface area contributed by atoms with Crippen molar-refractivity contribution < 1.29 is 9.47 Å². The molecular weight excluding hydrogens is 248 g/mol. The second kappa shape index (κ2) is 7.31. The fraction of sp³-hybridized carbons (Fsp3) is 0.111. The molecule has 2 rings (SSSR count). The molecule has 0 atom stereocenters. The zero-order chi connectivity index (χ0) is 14.2. The summed E-state index contributed by atoms with van der Waals surface area (Å²) < 4.78 is 10.2.